The highest BCUT2D eigenvalue weighted by Crippen LogP contribution is 2.02. The molecule has 0 aromatic carbocycles. The van der Waals surface area contributed by atoms with Gasteiger partial charge in [0.1, 0.15) is 0 Å². The summed E-state index contributed by atoms with van der Waals surface area (Å²) in [6.45, 7) is 8.72. The van der Waals surface area contributed by atoms with Crippen molar-refractivity contribution in [3.8, 4) is 0 Å². The van der Waals surface area contributed by atoms with Crippen LogP contribution in [0.4, 0.5) is 0 Å². The van der Waals surface area contributed by atoms with Gasteiger partial charge in [0.15, 0.2) is 0 Å². The molecule has 0 unspecified atom stereocenters. The zero-order chi connectivity index (χ0) is 14.6. The summed E-state index contributed by atoms with van der Waals surface area (Å²) >= 11 is 0. The summed E-state index contributed by atoms with van der Waals surface area (Å²) < 4.78 is 10.4. The first-order valence-corrected chi connectivity index (χ1v) is 7.55. The number of hydrogen-bond donors (Lipinski definition) is 1. The Bertz CT molecular complexity index is 256. The summed E-state index contributed by atoms with van der Waals surface area (Å²) in [6.07, 6.45) is 1.98. The molecule has 1 heterocycles. The molecular formula is C14H28N2O4. The second-order valence-corrected chi connectivity index (χ2v) is 5.03. The average Bonchev–Trinajstić information content (AvgIpc) is 2.46. The topological polar surface area (TPSA) is 62.2 Å². The van der Waals surface area contributed by atoms with Gasteiger partial charge >= 0.3 is 5.97 Å². The van der Waals surface area contributed by atoms with E-state index in [0.717, 1.165) is 45.6 Å². The lowest BCUT2D eigenvalue weighted by Crippen LogP contribution is -2.48. The van der Waals surface area contributed by atoms with Gasteiger partial charge in [-0.1, -0.05) is 13.3 Å². The van der Waals surface area contributed by atoms with E-state index < -0.39 is 0 Å². The number of piperazine rings is 1. The van der Waals surface area contributed by atoms with Crippen molar-refractivity contribution in [1.29, 1.82) is 0 Å². The van der Waals surface area contributed by atoms with Crippen molar-refractivity contribution in [2.45, 2.75) is 19.8 Å². The van der Waals surface area contributed by atoms with Crippen LogP contribution in [-0.4, -0.2) is 86.6 Å². The third-order valence-corrected chi connectivity index (χ3v) is 3.37. The smallest absolute Gasteiger partial charge is 0.320 e. The third-order valence-electron chi connectivity index (χ3n) is 3.37. The minimum Gasteiger partial charge on any atom is -0.465 e. The fourth-order valence-electron chi connectivity index (χ4n) is 2.09. The van der Waals surface area contributed by atoms with E-state index in [4.69, 9.17) is 14.6 Å². The minimum absolute atomic E-state index is 0.0773. The monoisotopic (exact) mass is 288 g/mol. The van der Waals surface area contributed by atoms with E-state index in [-0.39, 0.29) is 12.6 Å². The molecule has 0 aromatic rings. The van der Waals surface area contributed by atoms with Crippen LogP contribution in [0.5, 0.6) is 0 Å². The van der Waals surface area contributed by atoms with Gasteiger partial charge in [-0.3, -0.25) is 14.6 Å². The summed E-state index contributed by atoms with van der Waals surface area (Å²) in [7, 11) is 0. The number of unbranched alkanes of at least 4 members (excludes halogenated alkanes) is 1. The number of aliphatic hydroxyl groups is 1. The summed E-state index contributed by atoms with van der Waals surface area (Å²) in [5.74, 6) is -0.113. The summed E-state index contributed by atoms with van der Waals surface area (Å²) in [4.78, 5) is 16.0. The molecule has 0 amide bonds. The van der Waals surface area contributed by atoms with Gasteiger partial charge in [0.2, 0.25) is 0 Å². The maximum Gasteiger partial charge on any atom is 0.320 e. The molecule has 1 rings (SSSR count). The lowest BCUT2D eigenvalue weighted by molar-refractivity contribution is -0.145. The maximum absolute atomic E-state index is 11.6. The highest BCUT2D eigenvalue weighted by atomic mass is 16.5. The molecule has 20 heavy (non-hydrogen) atoms. The number of carbonyl (C=O) groups excluding carboxylic acids is 1. The normalized spacial score (nSPS) is 17.3. The zero-order valence-electron chi connectivity index (χ0n) is 12.6. The highest BCUT2D eigenvalue weighted by molar-refractivity contribution is 5.71. The Kier molecular flexibility index (Phi) is 9.57. The van der Waals surface area contributed by atoms with Crippen LogP contribution in [0.1, 0.15) is 19.8 Å². The number of carbonyl (C=O) groups is 1. The molecule has 0 aliphatic carbocycles. The predicted molar refractivity (Wildman–Crippen MR) is 76.7 cm³/mol. The van der Waals surface area contributed by atoms with Crippen LogP contribution >= 0.6 is 0 Å². The molecule has 1 aliphatic rings. The zero-order valence-corrected chi connectivity index (χ0v) is 12.6. The molecule has 6 nitrogen and oxygen atoms in total. The molecule has 1 saturated heterocycles. The average molecular weight is 288 g/mol. The predicted octanol–water partition coefficient (Wildman–Crippen LogP) is -0.0438. The Labute approximate surface area is 121 Å². The second-order valence-electron chi connectivity index (χ2n) is 5.03. The fraction of sp³-hybridized carbons (Fsp3) is 0.929. The van der Waals surface area contributed by atoms with E-state index in [1.807, 2.05) is 0 Å². The van der Waals surface area contributed by atoms with Crippen molar-refractivity contribution in [1.82, 2.24) is 9.80 Å². The third kappa shape index (κ3) is 7.79. The molecule has 1 aliphatic heterocycles. The van der Waals surface area contributed by atoms with Crippen LogP contribution in [-0.2, 0) is 14.3 Å². The van der Waals surface area contributed by atoms with Gasteiger partial charge in [-0.15, -0.1) is 0 Å². The molecule has 118 valence electrons. The van der Waals surface area contributed by atoms with Crippen molar-refractivity contribution in [3.63, 3.8) is 0 Å². The Morgan fingerprint density at radius 1 is 1.10 bits per heavy atom. The summed E-state index contributed by atoms with van der Waals surface area (Å²) in [5, 5.41) is 8.61. The maximum atomic E-state index is 11.6. The van der Waals surface area contributed by atoms with Crippen LogP contribution in [0.3, 0.4) is 0 Å². The number of esters is 1. The molecule has 0 bridgehead atoms. The van der Waals surface area contributed by atoms with Crippen LogP contribution in [0.25, 0.3) is 0 Å². The summed E-state index contributed by atoms with van der Waals surface area (Å²) in [5.41, 5.74) is 0. The van der Waals surface area contributed by atoms with Crippen molar-refractivity contribution in [2.75, 3.05) is 65.7 Å². The number of aliphatic hydroxyl groups excluding tert-OH is 1. The number of nitrogens with zero attached hydrogens (tertiary/aromatic N) is 2. The van der Waals surface area contributed by atoms with Gasteiger partial charge < -0.3 is 14.6 Å². The van der Waals surface area contributed by atoms with E-state index in [1.54, 1.807) is 0 Å². The van der Waals surface area contributed by atoms with Crippen molar-refractivity contribution in [2.24, 2.45) is 0 Å². The molecule has 0 spiro atoms. The Morgan fingerprint density at radius 2 is 1.80 bits per heavy atom. The van der Waals surface area contributed by atoms with Gasteiger partial charge in [-0.05, 0) is 6.42 Å². The minimum atomic E-state index is -0.113. The first-order valence-electron chi connectivity index (χ1n) is 7.55. The SMILES string of the molecule is CCCCOC(=O)CN1CCN(CCOCCO)CC1. The fourth-order valence-corrected chi connectivity index (χ4v) is 2.09. The van der Waals surface area contributed by atoms with Gasteiger partial charge in [-0.2, -0.15) is 0 Å². The molecule has 1 fully saturated rings. The quantitative estimate of drug-likeness (QED) is 0.449. The lowest BCUT2D eigenvalue weighted by atomic mass is 10.3. The van der Waals surface area contributed by atoms with E-state index in [1.165, 1.54) is 0 Å². The summed E-state index contributed by atoms with van der Waals surface area (Å²) in [6, 6.07) is 0. The van der Waals surface area contributed by atoms with Crippen LogP contribution in [0.15, 0.2) is 0 Å². The van der Waals surface area contributed by atoms with E-state index in [9.17, 15) is 4.79 Å². The van der Waals surface area contributed by atoms with Crippen molar-refractivity contribution < 1.29 is 19.4 Å². The molecule has 0 saturated carbocycles. The molecule has 0 aromatic heterocycles. The molecular weight excluding hydrogens is 260 g/mol. The number of rotatable bonds is 10. The van der Waals surface area contributed by atoms with Gasteiger partial charge in [0.05, 0.1) is 33.0 Å². The first-order chi connectivity index (χ1) is 9.76. The Balaban J connectivity index is 2.05. The van der Waals surface area contributed by atoms with Crippen molar-refractivity contribution >= 4 is 5.97 Å². The Hall–Kier alpha value is -0.690. The van der Waals surface area contributed by atoms with Crippen LogP contribution in [0.2, 0.25) is 0 Å². The van der Waals surface area contributed by atoms with Crippen LogP contribution in [0, 0.1) is 0 Å². The highest BCUT2D eigenvalue weighted by Gasteiger charge is 2.19. The van der Waals surface area contributed by atoms with E-state index in [0.29, 0.717) is 26.4 Å². The van der Waals surface area contributed by atoms with Crippen LogP contribution < -0.4 is 0 Å². The molecule has 1 N–H and O–H groups in total. The van der Waals surface area contributed by atoms with Crippen molar-refractivity contribution in [3.05, 3.63) is 0 Å². The second kappa shape index (κ2) is 11.0. The van der Waals surface area contributed by atoms with E-state index >= 15 is 0 Å². The number of hydrogen-bond acceptors (Lipinski definition) is 6. The molecule has 0 atom stereocenters. The standard InChI is InChI=1S/C14H28N2O4/c1-2-3-10-20-14(18)13-16-6-4-15(5-7-16)8-11-19-12-9-17/h17H,2-13H2,1H3. The van der Waals surface area contributed by atoms with Gasteiger partial charge in [0.25, 0.3) is 0 Å². The molecule has 0 radical (unpaired) electrons. The number of ether oxygens (including phenoxy) is 2. The van der Waals surface area contributed by atoms with Gasteiger partial charge in [-0.25, -0.2) is 0 Å². The molecule has 6 heteroatoms. The first kappa shape index (κ1) is 17.4. The largest absolute Gasteiger partial charge is 0.465 e. The lowest BCUT2D eigenvalue weighted by Gasteiger charge is -2.33. The Morgan fingerprint density at radius 3 is 2.45 bits per heavy atom. The van der Waals surface area contributed by atoms with E-state index in [2.05, 4.69) is 16.7 Å². The van der Waals surface area contributed by atoms with Gasteiger partial charge in [0, 0.05) is 32.7 Å².